The zero-order chi connectivity index (χ0) is 18.9. The normalized spacial score (nSPS) is 11.0. The average molecular weight is 359 g/mol. The van der Waals surface area contributed by atoms with E-state index in [2.05, 4.69) is 121 Å². The molecule has 0 atom stereocenters. The Hall–Kier alpha value is -3.58. The van der Waals surface area contributed by atoms with Gasteiger partial charge in [-0.3, -0.25) is 0 Å². The first-order valence-electron chi connectivity index (χ1n) is 9.61. The number of hydrogen-bond acceptors (Lipinski definition) is 1. The van der Waals surface area contributed by atoms with Gasteiger partial charge in [0.15, 0.2) is 0 Å². The summed E-state index contributed by atoms with van der Waals surface area (Å²) >= 11 is 0. The summed E-state index contributed by atoms with van der Waals surface area (Å²) in [4.78, 5) is 2.32. The molecule has 0 amide bonds. The molecular formula is C27H21N. The molecule has 5 rings (SSSR count). The predicted octanol–water partition coefficient (Wildman–Crippen LogP) is 7.43. The third-order valence-electron chi connectivity index (χ3n) is 5.46. The number of anilines is 2. The fraction of sp³-hybridized carbons (Fsp3) is 0.0370. The lowest BCUT2D eigenvalue weighted by atomic mass is 9.95. The van der Waals surface area contributed by atoms with E-state index < -0.39 is 0 Å². The lowest BCUT2D eigenvalue weighted by Gasteiger charge is -2.25. The topological polar surface area (TPSA) is 3.24 Å². The van der Waals surface area contributed by atoms with Crippen LogP contribution in [0.25, 0.3) is 32.7 Å². The van der Waals surface area contributed by atoms with Crippen LogP contribution in [0.4, 0.5) is 11.4 Å². The highest BCUT2D eigenvalue weighted by Gasteiger charge is 2.15. The van der Waals surface area contributed by atoms with Crippen molar-refractivity contribution in [3.63, 3.8) is 0 Å². The third-order valence-corrected chi connectivity index (χ3v) is 5.46. The largest absolute Gasteiger partial charge is 0.344 e. The molecule has 0 aliphatic carbocycles. The molecule has 0 aromatic heterocycles. The van der Waals surface area contributed by atoms with Crippen LogP contribution in [0, 0.1) is 0 Å². The van der Waals surface area contributed by atoms with Gasteiger partial charge >= 0.3 is 0 Å². The van der Waals surface area contributed by atoms with Crippen molar-refractivity contribution in [1.82, 2.24) is 0 Å². The molecule has 0 radical (unpaired) electrons. The first-order valence-corrected chi connectivity index (χ1v) is 9.61. The van der Waals surface area contributed by atoms with Gasteiger partial charge < -0.3 is 4.90 Å². The maximum atomic E-state index is 2.32. The summed E-state index contributed by atoms with van der Waals surface area (Å²) in [7, 11) is 2.16. The summed E-state index contributed by atoms with van der Waals surface area (Å²) in [5, 5.41) is 5.06. The molecule has 0 N–H and O–H groups in total. The molecule has 1 heteroatoms. The van der Waals surface area contributed by atoms with Crippen LogP contribution >= 0.6 is 0 Å². The molecule has 1 nitrogen and oxygen atoms in total. The number of hydrogen-bond donors (Lipinski definition) is 0. The Bertz CT molecular complexity index is 1270. The van der Waals surface area contributed by atoms with Crippen LogP contribution in [0.15, 0.2) is 109 Å². The molecular weight excluding hydrogens is 338 g/mol. The highest BCUT2D eigenvalue weighted by molar-refractivity contribution is 6.05. The molecule has 0 aliphatic rings. The first-order chi connectivity index (χ1) is 13.8. The van der Waals surface area contributed by atoms with Crippen molar-refractivity contribution in [2.75, 3.05) is 11.9 Å². The molecule has 0 bridgehead atoms. The van der Waals surface area contributed by atoms with E-state index >= 15 is 0 Å². The van der Waals surface area contributed by atoms with Crippen LogP contribution < -0.4 is 4.90 Å². The van der Waals surface area contributed by atoms with E-state index in [1.54, 1.807) is 0 Å². The van der Waals surface area contributed by atoms with Gasteiger partial charge in [-0.15, -0.1) is 0 Å². The van der Waals surface area contributed by atoms with Gasteiger partial charge in [-0.1, -0.05) is 97.1 Å². The van der Waals surface area contributed by atoms with Crippen molar-refractivity contribution < 1.29 is 0 Å². The standard InChI is InChI=1S/C27H21N/c1-28(25-17-9-14-20-10-5-7-15-23(20)25)26-19-18-21-11-6-8-16-24(21)27(26)22-12-3-2-4-13-22/h2-19H,1H3. The SMILES string of the molecule is CN(c1ccc2ccccc2c1-c1ccccc1)c1cccc2ccccc12. The van der Waals surface area contributed by atoms with Gasteiger partial charge in [-0.25, -0.2) is 0 Å². The summed E-state index contributed by atoms with van der Waals surface area (Å²) in [5.74, 6) is 0. The molecule has 0 unspecified atom stereocenters. The quantitative estimate of drug-likeness (QED) is 0.324. The average Bonchev–Trinajstić information content (AvgIpc) is 2.78. The Balaban J connectivity index is 1.79. The highest BCUT2D eigenvalue weighted by atomic mass is 15.1. The Labute approximate surface area is 165 Å². The summed E-state index contributed by atoms with van der Waals surface area (Å²) < 4.78 is 0. The summed E-state index contributed by atoms with van der Waals surface area (Å²) in [6, 6.07) is 38.9. The van der Waals surface area contributed by atoms with Gasteiger partial charge in [-0.05, 0) is 33.9 Å². The molecule has 0 saturated heterocycles. The zero-order valence-corrected chi connectivity index (χ0v) is 15.8. The molecule has 134 valence electrons. The first kappa shape index (κ1) is 16.6. The highest BCUT2D eigenvalue weighted by Crippen LogP contribution is 2.41. The minimum absolute atomic E-state index is 1.21. The lowest BCUT2D eigenvalue weighted by molar-refractivity contribution is 1.23. The van der Waals surface area contributed by atoms with Crippen molar-refractivity contribution >= 4 is 32.9 Å². The number of benzene rings is 5. The molecule has 0 spiro atoms. The Morgan fingerprint density at radius 1 is 0.464 bits per heavy atom. The van der Waals surface area contributed by atoms with Crippen molar-refractivity contribution in [2.45, 2.75) is 0 Å². The van der Waals surface area contributed by atoms with E-state index in [1.165, 1.54) is 44.0 Å². The van der Waals surface area contributed by atoms with Gasteiger partial charge in [0.25, 0.3) is 0 Å². The Kier molecular flexibility index (Phi) is 4.06. The zero-order valence-electron chi connectivity index (χ0n) is 15.8. The minimum atomic E-state index is 1.21. The smallest absolute Gasteiger partial charge is 0.0494 e. The van der Waals surface area contributed by atoms with Crippen molar-refractivity contribution in [3.05, 3.63) is 109 Å². The lowest BCUT2D eigenvalue weighted by Crippen LogP contribution is -2.11. The van der Waals surface area contributed by atoms with E-state index in [0.717, 1.165) is 0 Å². The van der Waals surface area contributed by atoms with Crippen LogP contribution in [-0.2, 0) is 0 Å². The molecule has 5 aromatic rings. The predicted molar refractivity (Wildman–Crippen MR) is 121 cm³/mol. The number of fused-ring (bicyclic) bond motifs is 2. The summed E-state index contributed by atoms with van der Waals surface area (Å²) in [5.41, 5.74) is 4.93. The second kappa shape index (κ2) is 6.86. The van der Waals surface area contributed by atoms with Gasteiger partial charge in [0.1, 0.15) is 0 Å². The van der Waals surface area contributed by atoms with Crippen LogP contribution in [-0.4, -0.2) is 7.05 Å². The van der Waals surface area contributed by atoms with Gasteiger partial charge in [0.2, 0.25) is 0 Å². The molecule has 0 aliphatic heterocycles. The van der Waals surface area contributed by atoms with E-state index in [9.17, 15) is 0 Å². The maximum absolute atomic E-state index is 2.32. The fourth-order valence-corrected chi connectivity index (χ4v) is 4.08. The second-order valence-corrected chi connectivity index (χ2v) is 7.10. The van der Waals surface area contributed by atoms with E-state index in [0.29, 0.717) is 0 Å². The number of rotatable bonds is 3. The van der Waals surface area contributed by atoms with Gasteiger partial charge in [0, 0.05) is 29.4 Å². The van der Waals surface area contributed by atoms with Crippen LogP contribution in [0.3, 0.4) is 0 Å². The summed E-state index contributed by atoms with van der Waals surface area (Å²) in [6.07, 6.45) is 0. The van der Waals surface area contributed by atoms with Gasteiger partial charge in [-0.2, -0.15) is 0 Å². The third kappa shape index (κ3) is 2.73. The Morgan fingerprint density at radius 2 is 1.07 bits per heavy atom. The Morgan fingerprint density at radius 3 is 1.86 bits per heavy atom. The maximum Gasteiger partial charge on any atom is 0.0494 e. The van der Waals surface area contributed by atoms with Crippen LogP contribution in [0.5, 0.6) is 0 Å². The minimum Gasteiger partial charge on any atom is -0.344 e. The van der Waals surface area contributed by atoms with Crippen LogP contribution in [0.2, 0.25) is 0 Å². The molecule has 28 heavy (non-hydrogen) atoms. The summed E-state index contributed by atoms with van der Waals surface area (Å²) in [6.45, 7) is 0. The van der Waals surface area contributed by atoms with Crippen LogP contribution in [0.1, 0.15) is 0 Å². The molecule has 5 aromatic carbocycles. The van der Waals surface area contributed by atoms with E-state index in [4.69, 9.17) is 0 Å². The molecule has 0 fully saturated rings. The van der Waals surface area contributed by atoms with Crippen molar-refractivity contribution in [1.29, 1.82) is 0 Å². The monoisotopic (exact) mass is 359 g/mol. The van der Waals surface area contributed by atoms with Crippen molar-refractivity contribution in [2.24, 2.45) is 0 Å². The van der Waals surface area contributed by atoms with E-state index in [1.807, 2.05) is 0 Å². The van der Waals surface area contributed by atoms with E-state index in [-0.39, 0.29) is 0 Å². The number of nitrogens with zero attached hydrogens (tertiary/aromatic N) is 1. The molecule has 0 saturated carbocycles. The van der Waals surface area contributed by atoms with Gasteiger partial charge in [0.05, 0.1) is 0 Å². The second-order valence-electron chi connectivity index (χ2n) is 7.10. The molecule has 0 heterocycles. The van der Waals surface area contributed by atoms with Crippen molar-refractivity contribution in [3.8, 4) is 11.1 Å². The fourth-order valence-electron chi connectivity index (χ4n) is 4.08.